The SMILES string of the molecule is CC(C)(C)OC(=O)NC1CCCC1NCc1nccs1. The Hall–Kier alpha value is -1.14. The number of hydrogen-bond acceptors (Lipinski definition) is 5. The molecule has 0 spiro atoms. The quantitative estimate of drug-likeness (QED) is 0.897. The second-order valence-electron chi connectivity index (χ2n) is 6.10. The van der Waals surface area contributed by atoms with E-state index in [2.05, 4.69) is 15.6 Å². The molecule has 1 aromatic heterocycles. The van der Waals surface area contributed by atoms with E-state index in [-0.39, 0.29) is 12.1 Å². The molecule has 0 aliphatic heterocycles. The van der Waals surface area contributed by atoms with Crippen LogP contribution in [0.4, 0.5) is 4.79 Å². The lowest BCUT2D eigenvalue weighted by atomic mass is 10.1. The maximum atomic E-state index is 11.8. The molecule has 6 heteroatoms. The summed E-state index contributed by atoms with van der Waals surface area (Å²) in [7, 11) is 0. The number of aromatic nitrogens is 1. The Morgan fingerprint density at radius 2 is 2.20 bits per heavy atom. The largest absolute Gasteiger partial charge is 0.444 e. The van der Waals surface area contributed by atoms with E-state index in [4.69, 9.17) is 4.74 Å². The first-order valence-electron chi connectivity index (χ1n) is 7.05. The van der Waals surface area contributed by atoms with Gasteiger partial charge in [0.25, 0.3) is 0 Å². The fourth-order valence-corrected chi connectivity index (χ4v) is 2.96. The van der Waals surface area contributed by atoms with Crippen molar-refractivity contribution >= 4 is 17.4 Å². The van der Waals surface area contributed by atoms with E-state index in [1.807, 2.05) is 32.3 Å². The lowest BCUT2D eigenvalue weighted by Gasteiger charge is -2.25. The van der Waals surface area contributed by atoms with Gasteiger partial charge in [-0.05, 0) is 40.0 Å². The van der Waals surface area contributed by atoms with E-state index in [9.17, 15) is 4.79 Å². The maximum absolute atomic E-state index is 11.8. The fourth-order valence-electron chi connectivity index (χ4n) is 2.39. The number of carbonyl (C=O) groups is 1. The average molecular weight is 297 g/mol. The number of nitrogens with one attached hydrogen (secondary N) is 2. The summed E-state index contributed by atoms with van der Waals surface area (Å²) in [5.74, 6) is 0. The number of carbonyl (C=O) groups excluding carboxylic acids is 1. The van der Waals surface area contributed by atoms with Gasteiger partial charge in [0, 0.05) is 30.2 Å². The van der Waals surface area contributed by atoms with Crippen LogP contribution in [0.3, 0.4) is 0 Å². The zero-order valence-corrected chi connectivity index (χ0v) is 13.1. The topological polar surface area (TPSA) is 63.2 Å². The molecule has 2 rings (SSSR count). The summed E-state index contributed by atoms with van der Waals surface area (Å²) >= 11 is 1.64. The Balaban J connectivity index is 1.80. The van der Waals surface area contributed by atoms with Gasteiger partial charge in [-0.15, -0.1) is 11.3 Å². The summed E-state index contributed by atoms with van der Waals surface area (Å²) in [6.45, 7) is 6.38. The fraction of sp³-hybridized carbons (Fsp3) is 0.714. The zero-order chi connectivity index (χ0) is 14.6. The molecule has 0 aromatic carbocycles. The van der Waals surface area contributed by atoms with Gasteiger partial charge in [0.1, 0.15) is 10.6 Å². The standard InChI is InChI=1S/C14H23N3O2S/c1-14(2,3)19-13(18)17-11-6-4-5-10(11)16-9-12-15-7-8-20-12/h7-8,10-11,16H,4-6,9H2,1-3H3,(H,17,18). The van der Waals surface area contributed by atoms with Gasteiger partial charge in [-0.2, -0.15) is 0 Å². The van der Waals surface area contributed by atoms with Gasteiger partial charge in [0.15, 0.2) is 0 Å². The average Bonchev–Trinajstić information content (AvgIpc) is 2.94. The molecule has 20 heavy (non-hydrogen) atoms. The molecule has 0 bridgehead atoms. The molecule has 0 saturated heterocycles. The number of thiazole rings is 1. The van der Waals surface area contributed by atoms with E-state index in [0.717, 1.165) is 30.8 Å². The van der Waals surface area contributed by atoms with Crippen LogP contribution < -0.4 is 10.6 Å². The third-order valence-corrected chi connectivity index (χ3v) is 4.00. The van der Waals surface area contributed by atoms with Gasteiger partial charge >= 0.3 is 6.09 Å². The minimum atomic E-state index is -0.452. The molecule has 5 nitrogen and oxygen atoms in total. The van der Waals surface area contributed by atoms with Crippen LogP contribution in [-0.4, -0.2) is 28.8 Å². The molecule has 1 amide bonds. The normalized spacial score (nSPS) is 22.8. The molecular weight excluding hydrogens is 274 g/mol. The van der Waals surface area contributed by atoms with E-state index in [1.54, 1.807) is 11.3 Å². The number of nitrogens with zero attached hydrogens (tertiary/aromatic N) is 1. The molecule has 2 unspecified atom stereocenters. The molecule has 0 radical (unpaired) electrons. The van der Waals surface area contributed by atoms with Crippen LogP contribution >= 0.6 is 11.3 Å². The second-order valence-corrected chi connectivity index (χ2v) is 7.08. The lowest BCUT2D eigenvalue weighted by molar-refractivity contribution is 0.0498. The van der Waals surface area contributed by atoms with Crippen LogP contribution in [0.1, 0.15) is 45.0 Å². The van der Waals surface area contributed by atoms with Gasteiger partial charge in [-0.1, -0.05) is 0 Å². The molecule has 1 fully saturated rings. The van der Waals surface area contributed by atoms with Crippen molar-refractivity contribution in [3.63, 3.8) is 0 Å². The third kappa shape index (κ3) is 4.76. The van der Waals surface area contributed by atoms with Gasteiger partial charge in [0.05, 0.1) is 0 Å². The summed E-state index contributed by atoms with van der Waals surface area (Å²) < 4.78 is 5.31. The van der Waals surface area contributed by atoms with Crippen molar-refractivity contribution in [3.05, 3.63) is 16.6 Å². The van der Waals surface area contributed by atoms with Crippen molar-refractivity contribution in [3.8, 4) is 0 Å². The molecule has 112 valence electrons. The predicted octanol–water partition coefficient (Wildman–Crippen LogP) is 2.68. The summed E-state index contributed by atoms with van der Waals surface area (Å²) in [5.41, 5.74) is -0.452. The molecule has 1 aromatic rings. The first-order chi connectivity index (χ1) is 9.44. The highest BCUT2D eigenvalue weighted by atomic mass is 32.1. The minimum Gasteiger partial charge on any atom is -0.444 e. The van der Waals surface area contributed by atoms with Gasteiger partial charge in [-0.25, -0.2) is 9.78 Å². The highest BCUT2D eigenvalue weighted by molar-refractivity contribution is 7.09. The number of rotatable bonds is 4. The molecule has 1 aliphatic rings. The van der Waals surface area contributed by atoms with Crippen LogP contribution in [0, 0.1) is 0 Å². The summed E-state index contributed by atoms with van der Waals surface area (Å²) in [5, 5.41) is 9.51. The zero-order valence-electron chi connectivity index (χ0n) is 12.3. The Morgan fingerprint density at radius 1 is 1.45 bits per heavy atom. The molecule has 1 saturated carbocycles. The van der Waals surface area contributed by atoms with E-state index < -0.39 is 5.60 Å². The predicted molar refractivity (Wildman–Crippen MR) is 79.8 cm³/mol. The Kier molecular flexibility index (Phi) is 4.99. The van der Waals surface area contributed by atoms with Crippen molar-refractivity contribution in [1.29, 1.82) is 0 Å². The summed E-state index contributed by atoms with van der Waals surface area (Å²) in [6.07, 6.45) is 4.68. The van der Waals surface area contributed by atoms with Gasteiger partial charge in [-0.3, -0.25) is 0 Å². The van der Waals surface area contributed by atoms with Crippen molar-refractivity contribution in [1.82, 2.24) is 15.6 Å². The van der Waals surface area contributed by atoms with E-state index in [0.29, 0.717) is 6.04 Å². The minimum absolute atomic E-state index is 0.143. The first-order valence-corrected chi connectivity index (χ1v) is 7.93. The molecule has 1 aliphatic carbocycles. The lowest BCUT2D eigenvalue weighted by Crippen LogP contribution is -2.47. The van der Waals surface area contributed by atoms with E-state index in [1.165, 1.54) is 0 Å². The van der Waals surface area contributed by atoms with Gasteiger partial charge < -0.3 is 15.4 Å². The summed E-state index contributed by atoms with van der Waals surface area (Å²) in [4.78, 5) is 16.1. The van der Waals surface area contributed by atoms with Crippen molar-refractivity contribution in [2.45, 2.75) is 64.3 Å². The van der Waals surface area contributed by atoms with Crippen LogP contribution in [0.5, 0.6) is 0 Å². The van der Waals surface area contributed by atoms with Crippen LogP contribution in [0.15, 0.2) is 11.6 Å². The Morgan fingerprint density at radius 3 is 2.85 bits per heavy atom. The molecule has 2 N–H and O–H groups in total. The van der Waals surface area contributed by atoms with Crippen molar-refractivity contribution < 1.29 is 9.53 Å². The van der Waals surface area contributed by atoms with Gasteiger partial charge in [0.2, 0.25) is 0 Å². The third-order valence-electron chi connectivity index (χ3n) is 3.22. The highest BCUT2D eigenvalue weighted by Crippen LogP contribution is 2.20. The molecular formula is C14H23N3O2S. The molecule has 2 atom stereocenters. The van der Waals surface area contributed by atoms with E-state index >= 15 is 0 Å². The first kappa shape index (κ1) is 15.3. The highest BCUT2D eigenvalue weighted by Gasteiger charge is 2.29. The second kappa shape index (κ2) is 6.54. The number of ether oxygens (including phenoxy) is 1. The monoisotopic (exact) mass is 297 g/mol. The maximum Gasteiger partial charge on any atom is 0.407 e. The van der Waals surface area contributed by atoms with Crippen molar-refractivity contribution in [2.24, 2.45) is 0 Å². The smallest absolute Gasteiger partial charge is 0.407 e. The number of amides is 1. The number of alkyl carbamates (subject to hydrolysis) is 1. The Bertz CT molecular complexity index is 428. The van der Waals surface area contributed by atoms with Crippen LogP contribution in [-0.2, 0) is 11.3 Å². The summed E-state index contributed by atoms with van der Waals surface area (Å²) in [6, 6.07) is 0.441. The van der Waals surface area contributed by atoms with Crippen LogP contribution in [0.25, 0.3) is 0 Å². The molecule has 1 heterocycles. The Labute approximate surface area is 124 Å². The number of hydrogen-bond donors (Lipinski definition) is 2. The van der Waals surface area contributed by atoms with Crippen molar-refractivity contribution in [2.75, 3.05) is 0 Å². The van der Waals surface area contributed by atoms with Crippen LogP contribution in [0.2, 0.25) is 0 Å².